The van der Waals surface area contributed by atoms with E-state index in [1.165, 1.54) is 44.5 Å². The zero-order valence-electron chi connectivity index (χ0n) is 66.6. The largest absolute Gasteiger partial charge is 2.00 e. The maximum Gasteiger partial charge on any atom is 2.00 e. The third-order valence-electron chi connectivity index (χ3n) is 24.0. The van der Waals surface area contributed by atoms with Crippen molar-refractivity contribution in [2.24, 2.45) is 0 Å². The molecule has 0 atom stereocenters. The minimum atomic E-state index is -0.494. The van der Waals surface area contributed by atoms with Gasteiger partial charge in [-0.05, 0) is 160 Å². The van der Waals surface area contributed by atoms with E-state index in [0.29, 0.717) is 11.8 Å². The predicted molar refractivity (Wildman–Crippen MR) is 451 cm³/mol. The van der Waals surface area contributed by atoms with Crippen LogP contribution in [0.4, 0.5) is 56.9 Å². The number of benzene rings is 10. The monoisotopic (exact) mass is 2060 g/mol. The van der Waals surface area contributed by atoms with Gasteiger partial charge >= 0.3 is 69.2 Å². The molecule has 0 saturated carbocycles. The molecule has 15 aromatic rings. The number of pyridine rings is 3. The van der Waals surface area contributed by atoms with Gasteiger partial charge in [0.1, 0.15) is 17.2 Å². The van der Waals surface area contributed by atoms with E-state index in [1.54, 1.807) is 4.68 Å². The van der Waals surface area contributed by atoms with Gasteiger partial charge in [-0.15, -0.1) is 142 Å². The molecule has 0 N–H and O–H groups in total. The first-order valence-electron chi connectivity index (χ1n) is 38.9. The first-order valence-corrected chi connectivity index (χ1v) is 38.9. The van der Waals surface area contributed by atoms with Crippen molar-refractivity contribution < 1.29 is 77.1 Å². The Kier molecular flexibility index (Phi) is 19.5. The maximum atomic E-state index is 5.96. The van der Waals surface area contributed by atoms with Crippen molar-refractivity contribution in [1.82, 2.24) is 34.3 Å². The first kappa shape index (κ1) is 78.0. The number of ether oxygens (including phenoxy) is 1. The van der Waals surface area contributed by atoms with Crippen LogP contribution in [-0.2, 0) is 90.4 Å². The van der Waals surface area contributed by atoms with Gasteiger partial charge < -0.3 is 29.0 Å². The summed E-state index contributed by atoms with van der Waals surface area (Å²) in [6.45, 7) is 26.9. The fourth-order valence-corrected chi connectivity index (χ4v) is 17.6. The van der Waals surface area contributed by atoms with Gasteiger partial charge in [0, 0.05) is 54.6 Å². The number of hydrogen-bond donors (Lipinski definition) is 0. The summed E-state index contributed by atoms with van der Waals surface area (Å²) in [7, 11) is 0. The van der Waals surface area contributed by atoms with Crippen LogP contribution in [0.25, 0.3) is 56.4 Å². The van der Waals surface area contributed by atoms with Gasteiger partial charge in [0.25, 0.3) is 6.20 Å². The molecule has 7 aliphatic heterocycles. The van der Waals surface area contributed by atoms with Gasteiger partial charge in [0.15, 0.2) is 0 Å². The summed E-state index contributed by atoms with van der Waals surface area (Å²) < 4.78 is 14.1. The Bertz CT molecular complexity index is 6630. The standard InChI is InChI=1S/C40H34N4.C32H26N4.C29H20N4O.3Pt/c1-25-12-9-13-26(2)37(25)43-24-33-28-20-21-31-35(23-28)44(34-18-8-7-16-30(34)39(31,3)4)29-15-10-14-27(22-29)32-17-11-19-36(41-32)40(5,6)38(43)42-33;1-31(2)25-11-5-6-13-28(25)36-24-10-7-9-22(19-24)27-12-8-14-30(33-27)32(3,4)35-18-17-34(21-35)23-15-16-26(31)29(36)20-23;1-29(2)22-9-3-4-11-25(22)33-21-8-5-7-19(17-21)24-10-6-12-27(30-24)34-28-15-16-32(31-28)20-13-14-23(29)26(33)18-20;;;/h7-21,24H,1-6H3;5-18H,1-4H3;3-16H,1-2H3;;;/q-2;;-2;3*+2. The van der Waals surface area contributed by atoms with E-state index < -0.39 is 5.41 Å². The van der Waals surface area contributed by atoms with Gasteiger partial charge in [-0.3, -0.25) is 19.6 Å². The SMILES string of the molecule is CC1(C)c2ccc3[c-]c2N(c2[c-]c(ccc2)-c2cccc(n2)C(C)(C)[N+]2=C=[N+]3C=C2)c2ccccc21.CC1(C)c2ccc3[c-]c2N(c2[c-]c(ccc2)-c2cccc(n2)Oc2ccn-3n2)c2ccccc21.Cc1cccc(C)c1-n1cc2nc1C(C)(C)c1cccc(n1)-c1[c-]c(ccc1)N1c3[c-]c-2ccc3C(C)(C)c2ccccc21.[Pt+2].[Pt+2].[Pt+2]. The third-order valence-corrected chi connectivity index (χ3v) is 24.0. The Morgan fingerprint density at radius 3 is 1.38 bits per heavy atom. The summed E-state index contributed by atoms with van der Waals surface area (Å²) in [6, 6.07) is 110. The number of imidazole rings is 1. The van der Waals surface area contributed by atoms with Gasteiger partial charge in [0.2, 0.25) is 23.5 Å². The normalized spacial score (nSPS) is 15.4. The molecule has 117 heavy (non-hydrogen) atoms. The van der Waals surface area contributed by atoms with E-state index >= 15 is 0 Å². The Morgan fingerprint density at radius 1 is 0.359 bits per heavy atom. The number of nitrogens with zero attached hydrogens (tertiary/aromatic N) is 12. The summed E-state index contributed by atoms with van der Waals surface area (Å²) in [6.07, 6.45) is 8.18. The van der Waals surface area contributed by atoms with Crippen LogP contribution in [0.3, 0.4) is 0 Å². The van der Waals surface area contributed by atoms with E-state index in [1.807, 2.05) is 53.4 Å². The second kappa shape index (κ2) is 29.3. The Labute approximate surface area is 726 Å². The Balaban J connectivity index is 0.000000126. The molecule has 578 valence electrons. The van der Waals surface area contributed by atoms with Crippen molar-refractivity contribution in [1.29, 1.82) is 0 Å². The maximum absolute atomic E-state index is 5.96. The molecule has 13 nitrogen and oxygen atoms in total. The van der Waals surface area contributed by atoms with Crippen molar-refractivity contribution in [2.45, 2.75) is 110 Å². The molecule has 0 radical (unpaired) electrons. The molecule has 0 spiro atoms. The number of para-hydroxylation sites is 4. The molecule has 5 aromatic heterocycles. The molecule has 0 unspecified atom stereocenters. The van der Waals surface area contributed by atoms with E-state index in [4.69, 9.17) is 24.7 Å². The molecule has 7 aliphatic rings. The van der Waals surface area contributed by atoms with E-state index in [9.17, 15) is 0 Å². The summed E-state index contributed by atoms with van der Waals surface area (Å²) >= 11 is 0. The number of rotatable bonds is 1. The van der Waals surface area contributed by atoms with Crippen LogP contribution in [0.15, 0.2) is 267 Å². The minimum Gasteiger partial charge on any atom is -0.420 e. The number of anilines is 9. The topological polar surface area (TPSA) is 99.3 Å². The number of aryl methyl sites for hydroxylation is 2. The second-order valence-electron chi connectivity index (χ2n) is 32.9. The Hall–Kier alpha value is -11.5. The van der Waals surface area contributed by atoms with Crippen LogP contribution in [-0.4, -0.2) is 49.4 Å². The van der Waals surface area contributed by atoms with Gasteiger partial charge in [-0.2, -0.15) is 12.1 Å². The number of aromatic nitrogens is 7. The van der Waals surface area contributed by atoms with Crippen LogP contribution in [0, 0.1) is 50.2 Å². The first-order chi connectivity index (χ1) is 55.1. The molecule has 0 amide bonds. The van der Waals surface area contributed by atoms with E-state index in [2.05, 4.69) is 373 Å². The van der Waals surface area contributed by atoms with Crippen LogP contribution >= 0.6 is 0 Å². The van der Waals surface area contributed by atoms with Crippen molar-refractivity contribution >= 4 is 62.9 Å². The summed E-state index contributed by atoms with van der Waals surface area (Å²) in [4.78, 5) is 27.3. The molecule has 22 rings (SSSR count). The smallest absolute Gasteiger partial charge is 0.420 e. The van der Waals surface area contributed by atoms with Gasteiger partial charge in [0.05, 0.1) is 11.1 Å². The zero-order valence-corrected chi connectivity index (χ0v) is 73.4. The van der Waals surface area contributed by atoms with Crippen molar-refractivity contribution in [3.05, 3.63) is 366 Å². The molecule has 0 aliphatic carbocycles. The van der Waals surface area contributed by atoms with Crippen molar-refractivity contribution in [3.8, 4) is 68.2 Å². The molecule has 24 bridgehead atoms. The van der Waals surface area contributed by atoms with Crippen LogP contribution in [0.5, 0.6) is 11.8 Å². The second-order valence-corrected chi connectivity index (χ2v) is 32.9. The number of fused-ring (bicyclic) bond motifs is 34. The fourth-order valence-electron chi connectivity index (χ4n) is 17.6. The molecule has 12 heterocycles. The Morgan fingerprint density at radius 2 is 0.821 bits per heavy atom. The average molecular weight is 2060 g/mol. The predicted octanol–water partition coefficient (Wildman–Crippen LogP) is 23.3. The summed E-state index contributed by atoms with van der Waals surface area (Å²) in [5, 5.41) is 4.63. The quantitative estimate of drug-likeness (QED) is 0.118. The summed E-state index contributed by atoms with van der Waals surface area (Å²) in [5.41, 5.74) is 29.9. The molecule has 10 aromatic carbocycles. The minimum absolute atomic E-state index is 0. The van der Waals surface area contributed by atoms with Crippen LogP contribution < -0.4 is 19.4 Å². The van der Waals surface area contributed by atoms with Crippen LogP contribution in [0.1, 0.15) is 131 Å². The molecular formula is C101H80N12OPt3+2. The summed E-state index contributed by atoms with van der Waals surface area (Å²) in [5.74, 6) is 1.91. The molecule has 0 saturated heterocycles. The average Bonchev–Trinajstić information content (AvgIpc) is 1.07. The zero-order chi connectivity index (χ0) is 77.9. The molecule has 16 heteroatoms. The molecule has 0 fully saturated rings. The van der Waals surface area contributed by atoms with Crippen molar-refractivity contribution in [2.75, 3.05) is 14.7 Å². The van der Waals surface area contributed by atoms with Crippen LogP contribution in [0.2, 0.25) is 0 Å². The van der Waals surface area contributed by atoms with E-state index in [0.717, 1.165) is 130 Å². The number of hydrogen-bond acceptors (Lipinski definition) is 9. The van der Waals surface area contributed by atoms with Gasteiger partial charge in [-0.1, -0.05) is 189 Å². The third kappa shape index (κ3) is 12.8. The van der Waals surface area contributed by atoms with Gasteiger partial charge in [-0.25, -0.2) is 0 Å². The molecular weight excluding hydrogens is 1980 g/mol. The fraction of sp³-hybridized carbons (Fsp3) is 0.168. The van der Waals surface area contributed by atoms with Crippen molar-refractivity contribution in [3.63, 3.8) is 0 Å². The van der Waals surface area contributed by atoms with E-state index in [-0.39, 0.29) is 85.0 Å².